The van der Waals surface area contributed by atoms with Crippen molar-refractivity contribution in [2.75, 3.05) is 26.2 Å². The minimum Gasteiger partial charge on any atom is -0.491 e. The average molecular weight is 320 g/mol. The van der Waals surface area contributed by atoms with E-state index in [1.807, 2.05) is 4.90 Å². The lowest BCUT2D eigenvalue weighted by Crippen LogP contribution is -2.43. The molecule has 1 aromatic carbocycles. The van der Waals surface area contributed by atoms with Gasteiger partial charge in [-0.15, -0.1) is 0 Å². The fourth-order valence-corrected chi connectivity index (χ4v) is 2.86. The van der Waals surface area contributed by atoms with Crippen LogP contribution in [0, 0.1) is 0 Å². The van der Waals surface area contributed by atoms with E-state index in [0.717, 1.165) is 19.4 Å². The van der Waals surface area contributed by atoms with E-state index in [0.29, 0.717) is 28.9 Å². The molecule has 2 N–H and O–H groups in total. The second kappa shape index (κ2) is 7.48. The number of β-amino-alcohol motifs (C(OH)–C–C–N with tert-alkyl or cyclic N) is 2. The van der Waals surface area contributed by atoms with Crippen molar-refractivity contribution in [1.82, 2.24) is 4.90 Å². The van der Waals surface area contributed by atoms with Gasteiger partial charge in [-0.3, -0.25) is 4.90 Å². The van der Waals surface area contributed by atoms with E-state index in [9.17, 15) is 10.2 Å². The number of hydrogen-bond donors (Lipinski definition) is 2. The molecule has 0 aromatic heterocycles. The van der Waals surface area contributed by atoms with Gasteiger partial charge in [0.25, 0.3) is 0 Å². The molecule has 2 unspecified atom stereocenters. The number of halogens is 2. The number of aliphatic hydroxyl groups excluding tert-OH is 2. The first-order valence-corrected chi connectivity index (χ1v) is 7.46. The molecule has 6 heteroatoms. The van der Waals surface area contributed by atoms with Crippen LogP contribution >= 0.6 is 23.2 Å². The molecule has 4 nitrogen and oxygen atoms in total. The summed E-state index contributed by atoms with van der Waals surface area (Å²) in [6.45, 7) is 2.17. The Morgan fingerprint density at radius 1 is 1.30 bits per heavy atom. The predicted octanol–water partition coefficient (Wildman–Crippen LogP) is 2.19. The maximum absolute atomic E-state index is 9.97. The molecule has 2 rings (SSSR count). The van der Waals surface area contributed by atoms with Crippen molar-refractivity contribution in [2.45, 2.75) is 25.0 Å². The van der Waals surface area contributed by atoms with Crippen molar-refractivity contribution in [1.29, 1.82) is 0 Å². The van der Waals surface area contributed by atoms with Crippen LogP contribution in [0.2, 0.25) is 10.0 Å². The van der Waals surface area contributed by atoms with E-state index in [2.05, 4.69) is 0 Å². The Hall–Kier alpha value is -0.520. The molecule has 0 spiro atoms. The zero-order valence-corrected chi connectivity index (χ0v) is 12.6. The summed E-state index contributed by atoms with van der Waals surface area (Å²) in [5.41, 5.74) is 0. The molecular weight excluding hydrogens is 301 g/mol. The maximum Gasteiger partial charge on any atom is 0.122 e. The van der Waals surface area contributed by atoms with E-state index < -0.39 is 6.10 Å². The summed E-state index contributed by atoms with van der Waals surface area (Å²) in [7, 11) is 0. The summed E-state index contributed by atoms with van der Waals surface area (Å²) in [6.07, 6.45) is 0.893. The number of nitrogens with zero attached hydrogens (tertiary/aromatic N) is 1. The van der Waals surface area contributed by atoms with Crippen LogP contribution in [0.25, 0.3) is 0 Å². The molecule has 0 radical (unpaired) electrons. The molecule has 1 fully saturated rings. The number of rotatable bonds is 5. The van der Waals surface area contributed by atoms with Gasteiger partial charge in [-0.05, 0) is 37.6 Å². The van der Waals surface area contributed by atoms with Gasteiger partial charge in [-0.25, -0.2) is 0 Å². The lowest BCUT2D eigenvalue weighted by molar-refractivity contribution is 0.0243. The molecule has 2 atom stereocenters. The largest absolute Gasteiger partial charge is 0.491 e. The normalized spacial score (nSPS) is 21.7. The predicted molar refractivity (Wildman–Crippen MR) is 79.6 cm³/mol. The molecule has 0 aliphatic carbocycles. The topological polar surface area (TPSA) is 52.9 Å². The van der Waals surface area contributed by atoms with E-state index in [1.165, 1.54) is 0 Å². The lowest BCUT2D eigenvalue weighted by Gasteiger charge is -2.31. The summed E-state index contributed by atoms with van der Waals surface area (Å²) in [5.74, 6) is 0.542. The zero-order valence-electron chi connectivity index (χ0n) is 11.1. The molecule has 0 bridgehead atoms. The Labute approximate surface area is 128 Å². The third-order valence-corrected chi connectivity index (χ3v) is 3.66. The van der Waals surface area contributed by atoms with Crippen LogP contribution in [0.15, 0.2) is 18.2 Å². The van der Waals surface area contributed by atoms with Crippen molar-refractivity contribution in [3.05, 3.63) is 28.2 Å². The highest BCUT2D eigenvalue weighted by molar-refractivity contribution is 6.34. The third kappa shape index (κ3) is 5.11. The number of likely N-dealkylation sites (tertiary alicyclic amines) is 1. The third-order valence-electron chi connectivity index (χ3n) is 3.23. The summed E-state index contributed by atoms with van der Waals surface area (Å²) in [6, 6.07) is 4.94. The molecule has 1 heterocycles. The number of benzene rings is 1. The van der Waals surface area contributed by atoms with Gasteiger partial charge in [0.05, 0.1) is 6.10 Å². The second-order valence-corrected chi connectivity index (χ2v) is 6.00. The average Bonchev–Trinajstić information content (AvgIpc) is 2.35. The van der Waals surface area contributed by atoms with Crippen LogP contribution in [-0.2, 0) is 0 Å². The van der Waals surface area contributed by atoms with E-state index in [-0.39, 0.29) is 12.7 Å². The van der Waals surface area contributed by atoms with Gasteiger partial charge in [0, 0.05) is 23.1 Å². The van der Waals surface area contributed by atoms with E-state index >= 15 is 0 Å². The fraction of sp³-hybridized carbons (Fsp3) is 0.571. The zero-order chi connectivity index (χ0) is 14.5. The minimum atomic E-state index is -0.613. The van der Waals surface area contributed by atoms with Crippen LogP contribution in [0.3, 0.4) is 0 Å². The quantitative estimate of drug-likeness (QED) is 0.873. The molecular formula is C14H19Cl2NO3. The standard InChI is InChI=1S/C14H19Cl2NO3/c15-10-4-11(16)6-14(5-10)20-9-13(19)8-17-3-1-2-12(18)7-17/h4-6,12-13,18-19H,1-3,7-9H2. The van der Waals surface area contributed by atoms with E-state index in [1.54, 1.807) is 18.2 Å². The Balaban J connectivity index is 1.78. The van der Waals surface area contributed by atoms with Gasteiger partial charge in [0.2, 0.25) is 0 Å². The monoisotopic (exact) mass is 319 g/mol. The van der Waals surface area contributed by atoms with Gasteiger partial charge in [0.1, 0.15) is 18.5 Å². The first-order valence-electron chi connectivity index (χ1n) is 6.70. The van der Waals surface area contributed by atoms with Crippen molar-refractivity contribution in [3.8, 4) is 5.75 Å². The molecule has 1 aliphatic heterocycles. The highest BCUT2D eigenvalue weighted by atomic mass is 35.5. The Morgan fingerprint density at radius 2 is 2.00 bits per heavy atom. The fourth-order valence-electron chi connectivity index (χ4n) is 2.35. The van der Waals surface area contributed by atoms with Crippen LogP contribution in [0.1, 0.15) is 12.8 Å². The minimum absolute atomic E-state index is 0.170. The number of aliphatic hydroxyl groups is 2. The van der Waals surface area contributed by atoms with E-state index in [4.69, 9.17) is 27.9 Å². The van der Waals surface area contributed by atoms with Crippen LogP contribution in [0.4, 0.5) is 0 Å². The summed E-state index contributed by atoms with van der Waals surface area (Å²) >= 11 is 11.7. The Bertz CT molecular complexity index is 424. The van der Waals surface area contributed by atoms with Crippen LogP contribution < -0.4 is 4.74 Å². The number of ether oxygens (including phenoxy) is 1. The van der Waals surface area contributed by atoms with Crippen LogP contribution in [0.5, 0.6) is 5.75 Å². The smallest absolute Gasteiger partial charge is 0.122 e. The van der Waals surface area contributed by atoms with Gasteiger partial charge >= 0.3 is 0 Å². The van der Waals surface area contributed by atoms with Crippen molar-refractivity contribution in [3.63, 3.8) is 0 Å². The number of piperidine rings is 1. The molecule has 1 aliphatic rings. The summed E-state index contributed by atoms with van der Waals surface area (Å²) in [4.78, 5) is 2.05. The molecule has 1 saturated heterocycles. The molecule has 0 saturated carbocycles. The molecule has 112 valence electrons. The SMILES string of the molecule is OC1CCCN(CC(O)COc2cc(Cl)cc(Cl)c2)C1. The second-order valence-electron chi connectivity index (χ2n) is 5.13. The molecule has 20 heavy (non-hydrogen) atoms. The van der Waals surface area contributed by atoms with Gasteiger partial charge in [-0.1, -0.05) is 23.2 Å². The summed E-state index contributed by atoms with van der Waals surface area (Å²) < 4.78 is 5.49. The molecule has 1 aromatic rings. The highest BCUT2D eigenvalue weighted by Gasteiger charge is 2.20. The van der Waals surface area contributed by atoms with Crippen molar-refractivity contribution >= 4 is 23.2 Å². The Kier molecular flexibility index (Phi) is 5.93. The highest BCUT2D eigenvalue weighted by Crippen LogP contribution is 2.24. The van der Waals surface area contributed by atoms with Gasteiger partial charge in [-0.2, -0.15) is 0 Å². The van der Waals surface area contributed by atoms with Crippen molar-refractivity contribution in [2.24, 2.45) is 0 Å². The number of hydrogen-bond acceptors (Lipinski definition) is 4. The van der Waals surface area contributed by atoms with Crippen molar-refractivity contribution < 1.29 is 14.9 Å². The first kappa shape index (κ1) is 15.9. The molecule has 0 amide bonds. The Morgan fingerprint density at radius 3 is 2.65 bits per heavy atom. The van der Waals surface area contributed by atoms with Gasteiger partial charge in [0.15, 0.2) is 0 Å². The maximum atomic E-state index is 9.97. The summed E-state index contributed by atoms with van der Waals surface area (Å²) in [5, 5.41) is 20.6. The lowest BCUT2D eigenvalue weighted by atomic mass is 10.1. The van der Waals surface area contributed by atoms with Gasteiger partial charge < -0.3 is 14.9 Å². The first-order chi connectivity index (χ1) is 9.52. The van der Waals surface area contributed by atoms with Crippen LogP contribution in [-0.4, -0.2) is 53.6 Å².